The molecule has 0 radical (unpaired) electrons. The van der Waals surface area contributed by atoms with Crippen LogP contribution < -0.4 is 9.47 Å². The zero-order valence-corrected chi connectivity index (χ0v) is 13.3. The predicted octanol–water partition coefficient (Wildman–Crippen LogP) is 3.98. The number of benzene rings is 2. The van der Waals surface area contributed by atoms with Gasteiger partial charge >= 0.3 is 5.97 Å². The highest BCUT2D eigenvalue weighted by Crippen LogP contribution is 2.34. The largest absolute Gasteiger partial charge is 0.490 e. The minimum absolute atomic E-state index is 0.211. The van der Waals surface area contributed by atoms with Gasteiger partial charge in [-0.1, -0.05) is 6.08 Å². The van der Waals surface area contributed by atoms with E-state index in [4.69, 9.17) is 9.47 Å². The maximum atomic E-state index is 13.0. The average molecular weight is 328 g/mol. The van der Waals surface area contributed by atoms with Gasteiger partial charge in [-0.3, -0.25) is 4.79 Å². The number of carbonyl (C=O) groups is 2. The van der Waals surface area contributed by atoms with Gasteiger partial charge in [0, 0.05) is 11.1 Å². The van der Waals surface area contributed by atoms with Gasteiger partial charge in [-0.25, -0.2) is 9.18 Å². The monoisotopic (exact) mass is 328 g/mol. The van der Waals surface area contributed by atoms with Gasteiger partial charge < -0.3 is 9.47 Å². The van der Waals surface area contributed by atoms with Crippen molar-refractivity contribution in [3.05, 3.63) is 71.6 Å². The molecule has 0 aliphatic rings. The van der Waals surface area contributed by atoms with Gasteiger partial charge in [-0.05, 0) is 49.7 Å². The lowest BCUT2D eigenvalue weighted by Gasteiger charge is -2.15. The molecule has 0 bridgehead atoms. The van der Waals surface area contributed by atoms with E-state index < -0.39 is 11.8 Å². The molecule has 0 fully saturated rings. The van der Waals surface area contributed by atoms with E-state index >= 15 is 0 Å². The smallest absolute Gasteiger partial charge is 0.343 e. The number of hydrogen-bond acceptors (Lipinski definition) is 4. The molecule has 4 nitrogen and oxygen atoms in total. The summed E-state index contributed by atoms with van der Waals surface area (Å²) < 4.78 is 23.9. The maximum Gasteiger partial charge on any atom is 0.343 e. The van der Waals surface area contributed by atoms with Gasteiger partial charge in [-0.15, -0.1) is 6.58 Å². The minimum Gasteiger partial charge on any atom is -0.490 e. The summed E-state index contributed by atoms with van der Waals surface area (Å²) in [5.41, 5.74) is 1.23. The second-order valence-electron chi connectivity index (χ2n) is 4.95. The summed E-state index contributed by atoms with van der Waals surface area (Å²) in [5, 5.41) is 0. The molecular formula is C19H17FO4. The molecule has 0 spiro atoms. The second-order valence-corrected chi connectivity index (χ2v) is 4.95. The summed E-state index contributed by atoms with van der Waals surface area (Å²) >= 11 is 0. The Hall–Kier alpha value is -2.95. The van der Waals surface area contributed by atoms with Crippen LogP contribution in [0, 0.1) is 5.82 Å². The molecule has 24 heavy (non-hydrogen) atoms. The number of carbonyl (C=O) groups excluding carboxylic acids is 2. The lowest BCUT2D eigenvalue weighted by atomic mass is 10.1. The Labute approximate surface area is 139 Å². The Morgan fingerprint density at radius 1 is 1.25 bits per heavy atom. The molecule has 2 aromatic carbocycles. The normalized spacial score (nSPS) is 10.1. The summed E-state index contributed by atoms with van der Waals surface area (Å²) in [6.07, 6.45) is 2.73. The first-order chi connectivity index (χ1) is 11.6. The Balaban J connectivity index is 2.42. The van der Waals surface area contributed by atoms with E-state index in [2.05, 4.69) is 6.58 Å². The van der Waals surface area contributed by atoms with Crippen LogP contribution in [0.15, 0.2) is 49.1 Å². The zero-order valence-electron chi connectivity index (χ0n) is 13.3. The van der Waals surface area contributed by atoms with E-state index in [1.54, 1.807) is 19.1 Å². The molecule has 5 heteroatoms. The highest BCUT2D eigenvalue weighted by molar-refractivity contribution is 5.91. The molecule has 124 valence electrons. The van der Waals surface area contributed by atoms with Crippen molar-refractivity contribution in [2.75, 3.05) is 6.61 Å². The number of allylic oxidation sites excluding steroid dienone is 1. The number of aldehydes is 1. The molecule has 0 N–H and O–H groups in total. The van der Waals surface area contributed by atoms with Crippen LogP contribution in [0.1, 0.15) is 33.2 Å². The van der Waals surface area contributed by atoms with E-state index in [1.807, 2.05) is 0 Å². The summed E-state index contributed by atoms with van der Waals surface area (Å²) in [4.78, 5) is 23.4. The van der Waals surface area contributed by atoms with Gasteiger partial charge in [0.2, 0.25) is 0 Å². The van der Waals surface area contributed by atoms with E-state index in [0.29, 0.717) is 36.2 Å². The highest BCUT2D eigenvalue weighted by Gasteiger charge is 2.18. The highest BCUT2D eigenvalue weighted by atomic mass is 19.1. The van der Waals surface area contributed by atoms with Crippen LogP contribution in [0.5, 0.6) is 11.5 Å². The zero-order chi connectivity index (χ0) is 17.5. The molecule has 0 saturated heterocycles. The lowest BCUT2D eigenvalue weighted by molar-refractivity contribution is 0.0726. The molecule has 0 heterocycles. The Morgan fingerprint density at radius 2 is 1.96 bits per heavy atom. The van der Waals surface area contributed by atoms with Crippen molar-refractivity contribution >= 4 is 12.3 Å². The number of esters is 1. The summed E-state index contributed by atoms with van der Waals surface area (Å²) in [6.45, 7) is 5.79. The molecule has 0 aromatic heterocycles. The third-order valence-electron chi connectivity index (χ3n) is 3.23. The van der Waals surface area contributed by atoms with E-state index in [9.17, 15) is 14.0 Å². The molecule has 2 rings (SSSR count). The quantitative estimate of drug-likeness (QED) is 0.334. The van der Waals surface area contributed by atoms with Crippen molar-refractivity contribution < 1.29 is 23.5 Å². The number of rotatable bonds is 7. The molecule has 0 amide bonds. The van der Waals surface area contributed by atoms with E-state index in [0.717, 1.165) is 0 Å². The number of ether oxygens (including phenoxy) is 2. The molecule has 0 atom stereocenters. The average Bonchev–Trinajstić information content (AvgIpc) is 2.58. The minimum atomic E-state index is -0.639. The van der Waals surface area contributed by atoms with Crippen LogP contribution in [0.25, 0.3) is 0 Å². The SMILES string of the molecule is C=CCc1cc(C=O)cc(OCC)c1OC(=O)c1ccc(F)cc1. The summed E-state index contributed by atoms with van der Waals surface area (Å²) in [6, 6.07) is 8.16. The fourth-order valence-corrected chi connectivity index (χ4v) is 2.17. The fourth-order valence-electron chi connectivity index (χ4n) is 2.17. The molecule has 0 unspecified atom stereocenters. The molecule has 0 saturated carbocycles. The lowest BCUT2D eigenvalue weighted by Crippen LogP contribution is -2.11. The number of halogens is 1. The standard InChI is InChI=1S/C19H17FO4/c1-3-5-15-10-13(12-21)11-17(23-4-2)18(15)24-19(22)14-6-8-16(20)9-7-14/h3,6-12H,1,4-5H2,2H3. The second kappa shape index (κ2) is 8.06. The topological polar surface area (TPSA) is 52.6 Å². The first kappa shape index (κ1) is 17.4. The summed E-state index contributed by atoms with van der Waals surface area (Å²) in [5.74, 6) is -0.546. The van der Waals surface area contributed by atoms with Gasteiger partial charge in [0.1, 0.15) is 12.1 Å². The van der Waals surface area contributed by atoms with Crippen molar-refractivity contribution in [3.8, 4) is 11.5 Å². The van der Waals surface area contributed by atoms with Crippen molar-refractivity contribution in [2.24, 2.45) is 0 Å². The van der Waals surface area contributed by atoms with E-state index in [-0.39, 0.29) is 11.3 Å². The van der Waals surface area contributed by atoms with Gasteiger partial charge in [0.05, 0.1) is 12.2 Å². The van der Waals surface area contributed by atoms with Gasteiger partial charge in [-0.2, -0.15) is 0 Å². The van der Waals surface area contributed by atoms with Crippen molar-refractivity contribution in [1.29, 1.82) is 0 Å². The van der Waals surface area contributed by atoms with Crippen LogP contribution in [-0.4, -0.2) is 18.9 Å². The van der Waals surface area contributed by atoms with Crippen LogP contribution >= 0.6 is 0 Å². The number of hydrogen-bond donors (Lipinski definition) is 0. The van der Waals surface area contributed by atoms with Crippen LogP contribution in [-0.2, 0) is 6.42 Å². The molecule has 0 aliphatic heterocycles. The predicted molar refractivity (Wildman–Crippen MR) is 88.3 cm³/mol. The van der Waals surface area contributed by atoms with Crippen LogP contribution in [0.4, 0.5) is 4.39 Å². The van der Waals surface area contributed by atoms with Crippen molar-refractivity contribution in [2.45, 2.75) is 13.3 Å². The molecule has 2 aromatic rings. The third-order valence-corrected chi connectivity index (χ3v) is 3.23. The van der Waals surface area contributed by atoms with Crippen molar-refractivity contribution in [1.82, 2.24) is 0 Å². The Morgan fingerprint density at radius 3 is 2.54 bits per heavy atom. The summed E-state index contributed by atoms with van der Waals surface area (Å²) in [7, 11) is 0. The third kappa shape index (κ3) is 4.07. The van der Waals surface area contributed by atoms with Gasteiger partial charge in [0.15, 0.2) is 11.5 Å². The van der Waals surface area contributed by atoms with Crippen molar-refractivity contribution in [3.63, 3.8) is 0 Å². The molecular weight excluding hydrogens is 311 g/mol. The molecule has 0 aliphatic carbocycles. The van der Waals surface area contributed by atoms with Gasteiger partial charge in [0.25, 0.3) is 0 Å². The van der Waals surface area contributed by atoms with Crippen LogP contribution in [0.3, 0.4) is 0 Å². The fraction of sp³-hybridized carbons (Fsp3) is 0.158. The Kier molecular flexibility index (Phi) is 5.84. The van der Waals surface area contributed by atoms with Crippen LogP contribution in [0.2, 0.25) is 0 Å². The first-order valence-corrected chi connectivity index (χ1v) is 7.42. The van der Waals surface area contributed by atoms with E-state index in [1.165, 1.54) is 30.3 Å². The Bertz CT molecular complexity index is 751. The maximum absolute atomic E-state index is 13.0. The first-order valence-electron chi connectivity index (χ1n) is 7.42.